The number of carbonyl (C=O) groups excluding carboxylic acids is 2. The molecule has 6 heteroatoms. The summed E-state index contributed by atoms with van der Waals surface area (Å²) in [6.07, 6.45) is 3.45. The summed E-state index contributed by atoms with van der Waals surface area (Å²) in [6, 6.07) is 8.39. The van der Waals surface area contributed by atoms with E-state index in [0.717, 1.165) is 38.8 Å². The van der Waals surface area contributed by atoms with E-state index in [1.807, 2.05) is 4.90 Å². The molecule has 2 heterocycles. The van der Waals surface area contributed by atoms with Gasteiger partial charge in [-0.1, -0.05) is 24.3 Å². The number of hydrogen-bond acceptors (Lipinski definition) is 4. The van der Waals surface area contributed by atoms with E-state index in [9.17, 15) is 9.59 Å². The van der Waals surface area contributed by atoms with Gasteiger partial charge in [-0.15, -0.1) is 0 Å². The lowest BCUT2D eigenvalue weighted by atomic mass is 9.72. The number of likely N-dealkylation sites (tertiary alicyclic amines) is 1. The van der Waals surface area contributed by atoms with Gasteiger partial charge in [-0.3, -0.25) is 9.59 Å². The van der Waals surface area contributed by atoms with Gasteiger partial charge in [0, 0.05) is 38.5 Å². The van der Waals surface area contributed by atoms with Crippen molar-refractivity contribution in [3.05, 3.63) is 35.4 Å². The highest BCUT2D eigenvalue weighted by atomic mass is 16.5. The second-order valence-electron chi connectivity index (χ2n) is 8.42. The second-order valence-corrected chi connectivity index (χ2v) is 8.42. The van der Waals surface area contributed by atoms with E-state index in [2.05, 4.69) is 34.9 Å². The minimum atomic E-state index is -0.113. The van der Waals surface area contributed by atoms with Crippen molar-refractivity contribution in [3.8, 4) is 0 Å². The van der Waals surface area contributed by atoms with Gasteiger partial charge in [0.15, 0.2) is 0 Å². The van der Waals surface area contributed by atoms with Crippen LogP contribution in [0.25, 0.3) is 0 Å². The van der Waals surface area contributed by atoms with Crippen LogP contribution in [0.3, 0.4) is 0 Å². The fourth-order valence-electron chi connectivity index (χ4n) is 5.53. The number of amides is 2. The number of nitrogens with zero attached hydrogens (tertiary/aromatic N) is 1. The van der Waals surface area contributed by atoms with Gasteiger partial charge in [0.1, 0.15) is 0 Å². The fourth-order valence-corrected chi connectivity index (χ4v) is 5.53. The summed E-state index contributed by atoms with van der Waals surface area (Å²) in [4.78, 5) is 26.5. The molecule has 0 saturated carbocycles. The van der Waals surface area contributed by atoms with E-state index in [1.165, 1.54) is 11.1 Å². The summed E-state index contributed by atoms with van der Waals surface area (Å²) in [5.41, 5.74) is 2.50. The first-order valence-corrected chi connectivity index (χ1v) is 10.5. The highest BCUT2D eigenvalue weighted by molar-refractivity contribution is 5.80. The molecule has 6 nitrogen and oxygen atoms in total. The zero-order chi connectivity index (χ0) is 19.7. The molecule has 2 fully saturated rings. The number of nitrogens with one attached hydrogen (secondary N) is 2. The lowest BCUT2D eigenvalue weighted by Gasteiger charge is -2.41. The molecule has 0 aromatic heterocycles. The highest BCUT2D eigenvalue weighted by Gasteiger charge is 2.53. The number of carbonyl (C=O) groups is 2. The predicted molar refractivity (Wildman–Crippen MR) is 107 cm³/mol. The molecule has 1 aromatic carbocycles. The Morgan fingerprint density at radius 1 is 1.18 bits per heavy atom. The van der Waals surface area contributed by atoms with Crippen LogP contribution in [0, 0.1) is 5.92 Å². The van der Waals surface area contributed by atoms with Crippen molar-refractivity contribution in [1.82, 2.24) is 15.5 Å². The molecule has 2 atom stereocenters. The highest BCUT2D eigenvalue weighted by Crippen LogP contribution is 2.51. The first-order valence-electron chi connectivity index (χ1n) is 10.5. The topological polar surface area (TPSA) is 70.7 Å². The standard InChI is InChI=1S/C22H31N3O3/c1-15(26)25-13-7-16(8-14-25)21(27)24-19-17-5-3-4-6-18(17)22(20(19)28-2)9-11-23-12-10-22/h3-6,16,19-20,23H,7-14H2,1-2H3,(H,24,27)/t19-,20+/m0/s1. The molecule has 0 unspecified atom stereocenters. The van der Waals surface area contributed by atoms with Crippen molar-refractivity contribution < 1.29 is 14.3 Å². The monoisotopic (exact) mass is 385 g/mol. The Morgan fingerprint density at radius 3 is 2.50 bits per heavy atom. The molecule has 1 aromatic rings. The van der Waals surface area contributed by atoms with Gasteiger partial charge in [-0.05, 0) is 49.9 Å². The van der Waals surface area contributed by atoms with Crippen LogP contribution in [-0.4, -0.2) is 56.1 Å². The first-order chi connectivity index (χ1) is 13.6. The maximum absolute atomic E-state index is 13.1. The molecule has 2 saturated heterocycles. The maximum atomic E-state index is 13.1. The summed E-state index contributed by atoms with van der Waals surface area (Å²) >= 11 is 0. The molecule has 2 amide bonds. The molecule has 2 aliphatic heterocycles. The van der Waals surface area contributed by atoms with Crippen LogP contribution in [0.5, 0.6) is 0 Å². The van der Waals surface area contributed by atoms with Crippen molar-refractivity contribution in [2.45, 2.75) is 50.2 Å². The SMILES string of the molecule is CO[C@@H]1[C@@H](NC(=O)C2CCN(C(C)=O)CC2)c2ccccc2C12CCNCC2. The summed E-state index contributed by atoms with van der Waals surface area (Å²) in [7, 11) is 1.77. The Hall–Kier alpha value is -1.92. The van der Waals surface area contributed by atoms with Gasteiger partial charge in [0.2, 0.25) is 11.8 Å². The second kappa shape index (κ2) is 7.84. The largest absolute Gasteiger partial charge is 0.378 e. The normalized spacial score (nSPS) is 26.9. The van der Waals surface area contributed by atoms with Gasteiger partial charge in [-0.25, -0.2) is 0 Å². The van der Waals surface area contributed by atoms with E-state index in [4.69, 9.17) is 4.74 Å². The smallest absolute Gasteiger partial charge is 0.223 e. The maximum Gasteiger partial charge on any atom is 0.223 e. The van der Waals surface area contributed by atoms with Crippen molar-refractivity contribution >= 4 is 11.8 Å². The van der Waals surface area contributed by atoms with Crippen LogP contribution >= 0.6 is 0 Å². The molecule has 1 aliphatic carbocycles. The Bertz CT molecular complexity index is 736. The molecule has 1 spiro atoms. The number of hydrogen-bond donors (Lipinski definition) is 2. The lowest BCUT2D eigenvalue weighted by Crippen LogP contribution is -2.50. The third-order valence-electron chi connectivity index (χ3n) is 7.04. The third kappa shape index (κ3) is 3.22. The Balaban J connectivity index is 1.54. The summed E-state index contributed by atoms with van der Waals surface area (Å²) in [5, 5.41) is 6.79. The average Bonchev–Trinajstić information content (AvgIpc) is 2.97. The van der Waals surface area contributed by atoms with Gasteiger partial charge < -0.3 is 20.3 Å². The Kier molecular flexibility index (Phi) is 5.43. The number of fused-ring (bicyclic) bond motifs is 2. The van der Waals surface area contributed by atoms with Crippen LogP contribution in [0.15, 0.2) is 24.3 Å². The van der Waals surface area contributed by atoms with Gasteiger partial charge >= 0.3 is 0 Å². The number of rotatable bonds is 3. The van der Waals surface area contributed by atoms with Crippen LogP contribution in [-0.2, 0) is 19.7 Å². The van der Waals surface area contributed by atoms with E-state index < -0.39 is 0 Å². The zero-order valence-electron chi connectivity index (χ0n) is 16.9. The molecule has 0 bridgehead atoms. The minimum Gasteiger partial charge on any atom is -0.378 e. The molecule has 3 aliphatic rings. The minimum absolute atomic E-state index is 0.0352. The average molecular weight is 386 g/mol. The first kappa shape index (κ1) is 19.4. The predicted octanol–water partition coefficient (Wildman–Crippen LogP) is 1.75. The summed E-state index contributed by atoms with van der Waals surface area (Å²) in [6.45, 7) is 4.87. The zero-order valence-corrected chi connectivity index (χ0v) is 16.9. The van der Waals surface area contributed by atoms with Crippen molar-refractivity contribution in [3.63, 3.8) is 0 Å². The number of methoxy groups -OCH3 is 1. The fraction of sp³-hybridized carbons (Fsp3) is 0.636. The van der Waals surface area contributed by atoms with Gasteiger partial charge in [0.05, 0.1) is 12.1 Å². The third-order valence-corrected chi connectivity index (χ3v) is 7.04. The van der Waals surface area contributed by atoms with Crippen LogP contribution in [0.4, 0.5) is 0 Å². The molecule has 2 N–H and O–H groups in total. The molecular formula is C22H31N3O3. The Morgan fingerprint density at radius 2 is 1.86 bits per heavy atom. The van der Waals surface area contributed by atoms with E-state index in [0.29, 0.717) is 13.1 Å². The quantitative estimate of drug-likeness (QED) is 0.832. The van der Waals surface area contributed by atoms with Crippen molar-refractivity contribution in [2.75, 3.05) is 33.3 Å². The van der Waals surface area contributed by atoms with Crippen LogP contribution < -0.4 is 10.6 Å². The van der Waals surface area contributed by atoms with E-state index in [-0.39, 0.29) is 35.3 Å². The van der Waals surface area contributed by atoms with Gasteiger partial charge in [-0.2, -0.15) is 0 Å². The van der Waals surface area contributed by atoms with Crippen LogP contribution in [0.1, 0.15) is 49.8 Å². The molecule has 152 valence electrons. The lowest BCUT2D eigenvalue weighted by molar-refractivity contribution is -0.134. The van der Waals surface area contributed by atoms with Gasteiger partial charge in [0.25, 0.3) is 0 Å². The number of benzene rings is 1. The molecule has 28 heavy (non-hydrogen) atoms. The Labute approximate surface area is 167 Å². The van der Waals surface area contributed by atoms with Crippen LogP contribution in [0.2, 0.25) is 0 Å². The van der Waals surface area contributed by atoms with Crippen molar-refractivity contribution in [2.24, 2.45) is 5.92 Å². The number of piperidine rings is 2. The van der Waals surface area contributed by atoms with E-state index >= 15 is 0 Å². The molecule has 0 radical (unpaired) electrons. The van der Waals surface area contributed by atoms with Crippen molar-refractivity contribution in [1.29, 1.82) is 0 Å². The molecular weight excluding hydrogens is 354 g/mol. The van der Waals surface area contributed by atoms with E-state index in [1.54, 1.807) is 14.0 Å². The molecule has 4 rings (SSSR count). The summed E-state index contributed by atoms with van der Waals surface area (Å²) in [5.74, 6) is 0.150. The number of ether oxygens (including phenoxy) is 1. The summed E-state index contributed by atoms with van der Waals surface area (Å²) < 4.78 is 6.04.